The molecule has 0 amide bonds. The van der Waals surface area contributed by atoms with Crippen LogP contribution in [-0.4, -0.2) is 36.8 Å². The summed E-state index contributed by atoms with van der Waals surface area (Å²) in [6.45, 7) is 2.00. The van der Waals surface area contributed by atoms with Gasteiger partial charge in [0.2, 0.25) is 5.88 Å². The summed E-state index contributed by atoms with van der Waals surface area (Å²) in [5.74, 6) is -0.798. The fraction of sp³-hybridized carbons (Fsp3) is 0.500. The molecule has 1 aromatic rings. The molecule has 0 unspecified atom stereocenters. The van der Waals surface area contributed by atoms with E-state index >= 15 is 0 Å². The van der Waals surface area contributed by atoms with Crippen molar-refractivity contribution >= 4 is 22.4 Å². The molecule has 1 heterocycles. The molecule has 0 saturated carbocycles. The summed E-state index contributed by atoms with van der Waals surface area (Å²) in [6, 6.07) is 0. The van der Waals surface area contributed by atoms with E-state index in [-0.39, 0.29) is 17.4 Å². The van der Waals surface area contributed by atoms with Crippen LogP contribution in [0.5, 0.6) is 5.88 Å². The van der Waals surface area contributed by atoms with Crippen molar-refractivity contribution in [2.24, 2.45) is 0 Å². The third-order valence-corrected chi connectivity index (χ3v) is 2.63. The van der Waals surface area contributed by atoms with E-state index in [9.17, 15) is 9.90 Å². The highest BCUT2D eigenvalue weighted by Gasteiger charge is 2.19. The first-order valence-electron chi connectivity index (χ1n) is 4.10. The minimum atomic E-state index is -0.532. The van der Waals surface area contributed by atoms with E-state index in [1.54, 1.807) is 25.9 Å². The zero-order chi connectivity index (χ0) is 10.7. The second kappa shape index (κ2) is 4.28. The lowest BCUT2D eigenvalue weighted by Gasteiger charge is -2.04. The van der Waals surface area contributed by atoms with E-state index in [1.807, 2.05) is 0 Å². The van der Waals surface area contributed by atoms with Gasteiger partial charge in [-0.15, -0.1) is 0 Å². The number of ether oxygens (including phenoxy) is 1. The van der Waals surface area contributed by atoms with Gasteiger partial charge in [-0.1, -0.05) is 11.3 Å². The number of aromatic hydroxyl groups is 1. The Kier molecular flexibility index (Phi) is 3.29. The van der Waals surface area contributed by atoms with Gasteiger partial charge in [-0.25, -0.2) is 4.79 Å². The maximum absolute atomic E-state index is 11.3. The number of hydrogen-bond donors (Lipinski definition) is 1. The van der Waals surface area contributed by atoms with Gasteiger partial charge in [0, 0.05) is 14.1 Å². The maximum atomic E-state index is 11.3. The van der Waals surface area contributed by atoms with Crippen LogP contribution in [0.4, 0.5) is 5.13 Å². The summed E-state index contributed by atoms with van der Waals surface area (Å²) in [5, 5.41) is 9.92. The summed E-state index contributed by atoms with van der Waals surface area (Å²) in [5.41, 5.74) is 0. The van der Waals surface area contributed by atoms with Crippen molar-refractivity contribution < 1.29 is 14.6 Å². The van der Waals surface area contributed by atoms with E-state index in [1.165, 1.54) is 0 Å². The highest BCUT2D eigenvalue weighted by molar-refractivity contribution is 7.17. The molecule has 0 atom stereocenters. The molecule has 78 valence electrons. The van der Waals surface area contributed by atoms with Crippen molar-refractivity contribution in [2.45, 2.75) is 6.92 Å². The van der Waals surface area contributed by atoms with E-state index in [0.29, 0.717) is 5.13 Å². The first-order chi connectivity index (χ1) is 6.56. The van der Waals surface area contributed by atoms with E-state index < -0.39 is 5.97 Å². The quantitative estimate of drug-likeness (QED) is 0.766. The van der Waals surface area contributed by atoms with Crippen LogP contribution in [0.25, 0.3) is 0 Å². The third kappa shape index (κ3) is 2.14. The number of hydrogen-bond acceptors (Lipinski definition) is 6. The highest BCUT2D eigenvalue weighted by atomic mass is 32.1. The van der Waals surface area contributed by atoms with Crippen molar-refractivity contribution in [1.29, 1.82) is 0 Å². The van der Waals surface area contributed by atoms with E-state index in [2.05, 4.69) is 4.98 Å². The van der Waals surface area contributed by atoms with Crippen molar-refractivity contribution in [1.82, 2.24) is 4.98 Å². The van der Waals surface area contributed by atoms with Gasteiger partial charge in [0.05, 0.1) is 6.61 Å². The zero-order valence-corrected chi connectivity index (χ0v) is 9.09. The summed E-state index contributed by atoms with van der Waals surface area (Å²) in [4.78, 5) is 16.9. The van der Waals surface area contributed by atoms with Crippen LogP contribution < -0.4 is 4.90 Å². The lowest BCUT2D eigenvalue weighted by atomic mass is 10.5. The Hall–Kier alpha value is -1.30. The number of nitrogens with zero attached hydrogens (tertiary/aromatic N) is 2. The Labute approximate surface area is 85.9 Å². The molecule has 0 aliphatic rings. The van der Waals surface area contributed by atoms with Crippen molar-refractivity contribution in [3.63, 3.8) is 0 Å². The fourth-order valence-electron chi connectivity index (χ4n) is 0.822. The first kappa shape index (κ1) is 10.8. The average Bonchev–Trinajstić information content (AvgIpc) is 2.48. The second-order valence-corrected chi connectivity index (χ2v) is 3.74. The van der Waals surface area contributed by atoms with Crippen LogP contribution in [-0.2, 0) is 4.74 Å². The van der Waals surface area contributed by atoms with Crippen LogP contribution in [0.15, 0.2) is 0 Å². The molecule has 1 N–H and O–H groups in total. The number of esters is 1. The standard InChI is InChI=1S/C8H12N2O3S/c1-4-13-7(12)5-6(11)9-8(14-5)10(2)3/h11H,4H2,1-3H3. The van der Waals surface area contributed by atoms with Crippen LogP contribution in [0.1, 0.15) is 16.6 Å². The van der Waals surface area contributed by atoms with Crippen molar-refractivity contribution in [3.05, 3.63) is 4.88 Å². The van der Waals surface area contributed by atoms with Crippen LogP contribution in [0.3, 0.4) is 0 Å². The van der Waals surface area contributed by atoms with Gasteiger partial charge in [-0.3, -0.25) is 0 Å². The van der Waals surface area contributed by atoms with Gasteiger partial charge in [0.25, 0.3) is 0 Å². The molecule has 0 fully saturated rings. The lowest BCUT2D eigenvalue weighted by molar-refractivity contribution is 0.0528. The predicted molar refractivity (Wildman–Crippen MR) is 54.1 cm³/mol. The van der Waals surface area contributed by atoms with Gasteiger partial charge in [-0.2, -0.15) is 4.98 Å². The van der Waals surface area contributed by atoms with Gasteiger partial charge >= 0.3 is 5.97 Å². The molecule has 0 saturated heterocycles. The Morgan fingerprint density at radius 3 is 2.71 bits per heavy atom. The number of carbonyl (C=O) groups excluding carboxylic acids is 1. The molecule has 1 aromatic heterocycles. The van der Waals surface area contributed by atoms with Crippen molar-refractivity contribution in [2.75, 3.05) is 25.6 Å². The average molecular weight is 216 g/mol. The van der Waals surface area contributed by atoms with Crippen LogP contribution >= 0.6 is 11.3 Å². The smallest absolute Gasteiger partial charge is 0.354 e. The topological polar surface area (TPSA) is 62.7 Å². The molecule has 0 aliphatic heterocycles. The van der Waals surface area contributed by atoms with Crippen LogP contribution in [0.2, 0.25) is 0 Å². The monoisotopic (exact) mass is 216 g/mol. The Morgan fingerprint density at radius 2 is 2.29 bits per heavy atom. The molecule has 5 nitrogen and oxygen atoms in total. The normalized spacial score (nSPS) is 9.93. The molecule has 0 aliphatic carbocycles. The Balaban J connectivity index is 2.92. The third-order valence-electron chi connectivity index (χ3n) is 1.44. The van der Waals surface area contributed by atoms with Crippen molar-refractivity contribution in [3.8, 4) is 5.88 Å². The molecular weight excluding hydrogens is 204 g/mol. The number of thiazole rings is 1. The van der Waals surface area contributed by atoms with Gasteiger partial charge < -0.3 is 14.7 Å². The molecule has 0 aromatic carbocycles. The minimum absolute atomic E-state index is 0.149. The first-order valence-corrected chi connectivity index (χ1v) is 4.92. The summed E-state index contributed by atoms with van der Waals surface area (Å²) in [7, 11) is 3.57. The fourth-order valence-corrected chi connectivity index (χ4v) is 1.60. The van der Waals surface area contributed by atoms with Crippen LogP contribution in [0, 0.1) is 0 Å². The number of aromatic nitrogens is 1. The summed E-state index contributed by atoms with van der Waals surface area (Å²) >= 11 is 1.11. The van der Waals surface area contributed by atoms with Gasteiger partial charge in [-0.05, 0) is 6.92 Å². The highest BCUT2D eigenvalue weighted by Crippen LogP contribution is 2.29. The SMILES string of the molecule is CCOC(=O)c1sc(N(C)C)nc1O. The number of anilines is 1. The van der Waals surface area contributed by atoms with E-state index in [0.717, 1.165) is 11.3 Å². The summed E-state index contributed by atoms with van der Waals surface area (Å²) in [6.07, 6.45) is 0. The Bertz CT molecular complexity index is 335. The second-order valence-electron chi connectivity index (χ2n) is 2.76. The molecular formula is C8H12N2O3S. The molecule has 0 bridgehead atoms. The number of rotatable bonds is 3. The minimum Gasteiger partial charge on any atom is -0.492 e. The molecule has 0 spiro atoms. The lowest BCUT2D eigenvalue weighted by Crippen LogP contribution is -2.07. The van der Waals surface area contributed by atoms with Gasteiger partial charge in [0.1, 0.15) is 0 Å². The molecule has 1 rings (SSSR count). The van der Waals surface area contributed by atoms with Gasteiger partial charge in [0.15, 0.2) is 10.0 Å². The largest absolute Gasteiger partial charge is 0.492 e. The Morgan fingerprint density at radius 1 is 1.64 bits per heavy atom. The molecule has 0 radical (unpaired) electrons. The number of carbonyl (C=O) groups is 1. The summed E-state index contributed by atoms with van der Waals surface area (Å²) < 4.78 is 4.75. The van der Waals surface area contributed by atoms with E-state index in [4.69, 9.17) is 4.74 Å². The zero-order valence-electron chi connectivity index (χ0n) is 8.27. The predicted octanol–water partition coefficient (Wildman–Crippen LogP) is 1.09. The maximum Gasteiger partial charge on any atom is 0.354 e. The molecule has 14 heavy (non-hydrogen) atoms. The molecule has 6 heteroatoms.